The van der Waals surface area contributed by atoms with Crippen molar-refractivity contribution in [2.75, 3.05) is 18.5 Å². The maximum absolute atomic E-state index is 12.5. The Morgan fingerprint density at radius 2 is 2.00 bits per heavy atom. The first-order chi connectivity index (χ1) is 13.5. The lowest BCUT2D eigenvalue weighted by atomic mass is 10.1. The highest BCUT2D eigenvalue weighted by atomic mass is 32.1. The summed E-state index contributed by atoms with van der Waals surface area (Å²) in [7, 11) is 0. The number of amides is 1. The SMILES string of the molecule is Cc1c(C(=O)Nc2nc(-c3ccc4c(c3)OCCO4)cs2)cccc1[N+](=O)[O-]. The molecule has 0 saturated heterocycles. The highest BCUT2D eigenvalue weighted by Gasteiger charge is 2.19. The Bertz CT molecular complexity index is 1080. The Morgan fingerprint density at radius 1 is 1.21 bits per heavy atom. The Kier molecular flexibility index (Phi) is 4.66. The van der Waals surface area contributed by atoms with Crippen LogP contribution in [0.3, 0.4) is 0 Å². The van der Waals surface area contributed by atoms with Gasteiger partial charge in [0.1, 0.15) is 13.2 Å². The molecule has 1 aromatic heterocycles. The zero-order valence-corrected chi connectivity index (χ0v) is 15.6. The van der Waals surface area contributed by atoms with E-state index in [1.807, 2.05) is 23.6 Å². The van der Waals surface area contributed by atoms with Crippen LogP contribution in [0.5, 0.6) is 11.5 Å². The second-order valence-electron chi connectivity index (χ2n) is 6.06. The smallest absolute Gasteiger partial charge is 0.273 e. The van der Waals surface area contributed by atoms with E-state index in [2.05, 4.69) is 10.3 Å². The van der Waals surface area contributed by atoms with E-state index in [4.69, 9.17) is 9.47 Å². The largest absolute Gasteiger partial charge is 0.486 e. The van der Waals surface area contributed by atoms with Gasteiger partial charge < -0.3 is 9.47 Å². The van der Waals surface area contributed by atoms with Crippen LogP contribution in [0, 0.1) is 17.0 Å². The van der Waals surface area contributed by atoms with Gasteiger partial charge in [-0.2, -0.15) is 0 Å². The molecule has 1 aliphatic rings. The molecule has 4 rings (SSSR count). The van der Waals surface area contributed by atoms with Crippen LogP contribution in [0.2, 0.25) is 0 Å². The van der Waals surface area contributed by atoms with Crippen LogP contribution in [-0.4, -0.2) is 29.0 Å². The third-order valence-electron chi connectivity index (χ3n) is 4.31. The summed E-state index contributed by atoms with van der Waals surface area (Å²) in [6, 6.07) is 9.96. The number of carbonyl (C=O) groups excluding carboxylic acids is 1. The molecule has 28 heavy (non-hydrogen) atoms. The topological polar surface area (TPSA) is 104 Å². The van der Waals surface area contributed by atoms with Crippen LogP contribution in [0.1, 0.15) is 15.9 Å². The fourth-order valence-corrected chi connectivity index (χ4v) is 3.61. The molecule has 8 nitrogen and oxygen atoms in total. The molecule has 0 unspecified atom stereocenters. The highest BCUT2D eigenvalue weighted by molar-refractivity contribution is 7.14. The summed E-state index contributed by atoms with van der Waals surface area (Å²) in [5, 5.41) is 16.0. The van der Waals surface area contributed by atoms with Gasteiger partial charge in [-0.25, -0.2) is 4.98 Å². The van der Waals surface area contributed by atoms with Crippen LogP contribution in [-0.2, 0) is 0 Å². The van der Waals surface area contributed by atoms with Crippen molar-refractivity contribution >= 4 is 28.1 Å². The average Bonchev–Trinajstić information content (AvgIpc) is 3.16. The molecule has 1 N–H and O–H groups in total. The number of hydrogen-bond donors (Lipinski definition) is 1. The van der Waals surface area contributed by atoms with E-state index in [0.29, 0.717) is 41.1 Å². The van der Waals surface area contributed by atoms with Gasteiger partial charge in [0, 0.05) is 28.1 Å². The molecule has 0 saturated carbocycles. The molecule has 0 fully saturated rings. The molecule has 2 heterocycles. The summed E-state index contributed by atoms with van der Waals surface area (Å²) in [5.74, 6) is 0.915. The third-order valence-corrected chi connectivity index (χ3v) is 5.07. The van der Waals surface area contributed by atoms with Crippen molar-refractivity contribution in [1.29, 1.82) is 0 Å². The van der Waals surface area contributed by atoms with Crippen LogP contribution in [0.4, 0.5) is 10.8 Å². The normalized spacial score (nSPS) is 12.5. The van der Waals surface area contributed by atoms with Gasteiger partial charge in [0.15, 0.2) is 16.6 Å². The number of hydrogen-bond acceptors (Lipinski definition) is 7. The molecule has 0 radical (unpaired) electrons. The van der Waals surface area contributed by atoms with Crippen LogP contribution in [0.15, 0.2) is 41.8 Å². The summed E-state index contributed by atoms with van der Waals surface area (Å²) in [6.45, 7) is 2.57. The number of aromatic nitrogens is 1. The van der Waals surface area contributed by atoms with Crippen molar-refractivity contribution in [3.05, 3.63) is 63.0 Å². The molecule has 0 aliphatic carbocycles. The van der Waals surface area contributed by atoms with Crippen molar-refractivity contribution in [3.63, 3.8) is 0 Å². The van der Waals surface area contributed by atoms with Gasteiger partial charge >= 0.3 is 0 Å². The number of rotatable bonds is 4. The number of nitro groups is 1. The zero-order chi connectivity index (χ0) is 19.7. The van der Waals surface area contributed by atoms with Crippen molar-refractivity contribution in [3.8, 4) is 22.8 Å². The summed E-state index contributed by atoms with van der Waals surface area (Å²) in [5.41, 5.74) is 1.99. The van der Waals surface area contributed by atoms with E-state index in [-0.39, 0.29) is 11.3 Å². The molecule has 0 bridgehead atoms. The maximum atomic E-state index is 12.5. The quantitative estimate of drug-likeness (QED) is 0.526. The molecule has 142 valence electrons. The van der Waals surface area contributed by atoms with E-state index >= 15 is 0 Å². The molecular weight excluding hydrogens is 382 g/mol. The summed E-state index contributed by atoms with van der Waals surface area (Å²) >= 11 is 1.27. The van der Waals surface area contributed by atoms with Crippen LogP contribution < -0.4 is 14.8 Å². The first-order valence-corrected chi connectivity index (χ1v) is 9.32. The van der Waals surface area contributed by atoms with Crippen molar-refractivity contribution < 1.29 is 19.2 Å². The van der Waals surface area contributed by atoms with Gasteiger partial charge in [0.2, 0.25) is 0 Å². The number of nitro benzene ring substituents is 1. The first kappa shape index (κ1) is 17.9. The lowest BCUT2D eigenvalue weighted by molar-refractivity contribution is -0.385. The number of carbonyl (C=O) groups is 1. The fraction of sp³-hybridized carbons (Fsp3) is 0.158. The number of thiazole rings is 1. The second-order valence-corrected chi connectivity index (χ2v) is 6.92. The average molecular weight is 397 g/mol. The third kappa shape index (κ3) is 3.39. The number of fused-ring (bicyclic) bond motifs is 1. The van der Waals surface area contributed by atoms with Gasteiger partial charge in [-0.1, -0.05) is 6.07 Å². The Labute approximate surface area is 163 Å². The first-order valence-electron chi connectivity index (χ1n) is 8.44. The van der Waals surface area contributed by atoms with Crippen molar-refractivity contribution in [2.45, 2.75) is 6.92 Å². The number of ether oxygens (including phenoxy) is 2. The van der Waals surface area contributed by atoms with Gasteiger partial charge in [-0.15, -0.1) is 11.3 Å². The summed E-state index contributed by atoms with van der Waals surface area (Å²) < 4.78 is 11.1. The van der Waals surface area contributed by atoms with Crippen LogP contribution in [0.25, 0.3) is 11.3 Å². The van der Waals surface area contributed by atoms with E-state index in [1.54, 1.807) is 13.0 Å². The lowest BCUT2D eigenvalue weighted by Crippen LogP contribution is -2.15. The Hall–Kier alpha value is -3.46. The fourth-order valence-electron chi connectivity index (χ4n) is 2.90. The van der Waals surface area contributed by atoms with Gasteiger partial charge in [0.25, 0.3) is 11.6 Å². The number of benzene rings is 2. The predicted molar refractivity (Wildman–Crippen MR) is 104 cm³/mol. The number of nitrogens with one attached hydrogen (secondary N) is 1. The molecule has 0 spiro atoms. The van der Waals surface area contributed by atoms with Crippen LogP contribution >= 0.6 is 11.3 Å². The second kappa shape index (κ2) is 7.28. The zero-order valence-electron chi connectivity index (χ0n) is 14.8. The predicted octanol–water partition coefficient (Wildman–Crippen LogP) is 4.05. The molecule has 0 atom stereocenters. The highest BCUT2D eigenvalue weighted by Crippen LogP contribution is 2.35. The molecular formula is C19H15N3O5S. The van der Waals surface area contributed by atoms with E-state index in [0.717, 1.165) is 5.56 Å². The number of nitrogens with zero attached hydrogens (tertiary/aromatic N) is 2. The standard InChI is InChI=1S/C19H15N3O5S/c1-11-13(3-2-4-15(11)22(24)25)18(23)21-19-20-14(10-28-19)12-5-6-16-17(9-12)27-8-7-26-16/h2-6,9-10H,7-8H2,1H3,(H,20,21,23). The molecule has 2 aromatic carbocycles. The van der Waals surface area contributed by atoms with E-state index in [1.165, 1.54) is 23.5 Å². The van der Waals surface area contributed by atoms with Gasteiger partial charge in [-0.3, -0.25) is 20.2 Å². The molecule has 1 aliphatic heterocycles. The summed E-state index contributed by atoms with van der Waals surface area (Å²) in [4.78, 5) is 27.5. The minimum Gasteiger partial charge on any atom is -0.486 e. The van der Waals surface area contributed by atoms with Gasteiger partial charge in [-0.05, 0) is 31.2 Å². The maximum Gasteiger partial charge on any atom is 0.273 e. The van der Waals surface area contributed by atoms with Gasteiger partial charge in [0.05, 0.1) is 10.6 Å². The minimum atomic E-state index is -0.504. The number of anilines is 1. The minimum absolute atomic E-state index is 0.0937. The van der Waals surface area contributed by atoms with Crippen molar-refractivity contribution in [1.82, 2.24) is 4.98 Å². The lowest BCUT2D eigenvalue weighted by Gasteiger charge is -2.18. The summed E-state index contributed by atoms with van der Waals surface area (Å²) in [6.07, 6.45) is 0. The van der Waals surface area contributed by atoms with Crippen molar-refractivity contribution in [2.24, 2.45) is 0 Å². The molecule has 1 amide bonds. The Morgan fingerprint density at radius 3 is 2.79 bits per heavy atom. The molecule has 3 aromatic rings. The molecule has 9 heteroatoms. The van der Waals surface area contributed by atoms with E-state index < -0.39 is 10.8 Å². The Balaban J connectivity index is 1.55. The monoisotopic (exact) mass is 397 g/mol. The van der Waals surface area contributed by atoms with E-state index in [9.17, 15) is 14.9 Å².